The monoisotopic (exact) mass is 465 g/mol. The van der Waals surface area contributed by atoms with Crippen molar-refractivity contribution in [1.29, 1.82) is 0 Å². The largest absolute Gasteiger partial charge is 0.444 e. The number of hydrogen-bond donors (Lipinski definition) is 3. The highest BCUT2D eigenvalue weighted by Gasteiger charge is 2.34. The number of anilines is 3. The fraction of sp³-hybridized carbons (Fsp3) is 0.316. The lowest BCUT2D eigenvalue weighted by Crippen LogP contribution is -2.30. The van der Waals surface area contributed by atoms with Crippen LogP contribution in [0.5, 0.6) is 0 Å². The number of oxazole rings is 1. The van der Waals surface area contributed by atoms with Gasteiger partial charge in [-0.3, -0.25) is 19.2 Å². The van der Waals surface area contributed by atoms with Crippen molar-refractivity contribution in [3.8, 4) is 11.5 Å². The molecule has 3 aromatic heterocycles. The lowest BCUT2D eigenvalue weighted by atomic mass is 10.2. The summed E-state index contributed by atoms with van der Waals surface area (Å²) in [6.45, 7) is -1.01. The number of amides is 2. The van der Waals surface area contributed by atoms with Crippen LogP contribution in [0, 0.1) is 0 Å². The van der Waals surface area contributed by atoms with Crippen molar-refractivity contribution in [1.82, 2.24) is 19.7 Å². The van der Waals surface area contributed by atoms with Gasteiger partial charge in [-0.25, -0.2) is 9.97 Å². The third-order valence-corrected chi connectivity index (χ3v) is 4.70. The number of halogens is 3. The number of nitrogens with zero attached hydrogens (tertiary/aromatic N) is 5. The molecular weight excluding hydrogens is 447 g/mol. The summed E-state index contributed by atoms with van der Waals surface area (Å²) < 4.78 is 43.9. The quantitative estimate of drug-likeness (QED) is 0.501. The van der Waals surface area contributed by atoms with Crippen LogP contribution in [0.4, 0.5) is 30.5 Å². The Kier molecular flexibility index (Phi) is 5.76. The summed E-state index contributed by atoms with van der Waals surface area (Å²) in [5.41, 5.74) is 0.443. The molecule has 0 bridgehead atoms. The van der Waals surface area contributed by atoms with E-state index in [1.807, 2.05) is 0 Å². The number of aliphatic hydroxyl groups is 1. The molecule has 14 heteroatoms. The van der Waals surface area contributed by atoms with Gasteiger partial charge in [0, 0.05) is 31.8 Å². The Morgan fingerprint density at radius 1 is 1.39 bits per heavy atom. The van der Waals surface area contributed by atoms with E-state index in [0.717, 1.165) is 6.26 Å². The van der Waals surface area contributed by atoms with Crippen molar-refractivity contribution in [3.05, 3.63) is 36.5 Å². The summed E-state index contributed by atoms with van der Waals surface area (Å²) in [5.74, 6) is -1.02. The van der Waals surface area contributed by atoms with Crippen LogP contribution in [-0.2, 0) is 11.8 Å². The van der Waals surface area contributed by atoms with Crippen LogP contribution < -0.4 is 15.5 Å². The van der Waals surface area contributed by atoms with Gasteiger partial charge in [0.25, 0.3) is 11.8 Å². The van der Waals surface area contributed by atoms with Gasteiger partial charge in [0.2, 0.25) is 5.89 Å². The minimum Gasteiger partial charge on any atom is -0.444 e. The number of aromatic nitrogens is 4. The van der Waals surface area contributed by atoms with Crippen LogP contribution in [0.25, 0.3) is 11.5 Å². The van der Waals surface area contributed by atoms with Crippen molar-refractivity contribution >= 4 is 29.1 Å². The minimum atomic E-state index is -4.41. The summed E-state index contributed by atoms with van der Waals surface area (Å²) in [6.07, 6.45) is -1.41. The Morgan fingerprint density at radius 2 is 2.18 bits per heavy atom. The van der Waals surface area contributed by atoms with E-state index in [9.17, 15) is 27.9 Å². The number of rotatable bonds is 6. The molecule has 1 aliphatic rings. The molecule has 4 rings (SSSR count). The summed E-state index contributed by atoms with van der Waals surface area (Å²) in [5, 5.41) is 18.6. The Hall–Kier alpha value is -3.94. The SMILES string of the molecule is Cn1cc(NC(=O)c2coc(-c3ccnc(NCC(F)(F)F)c3)n2)c(N2CCC(O)C2=O)n1. The molecule has 0 aromatic carbocycles. The molecule has 0 saturated carbocycles. The standard InChI is InChI=1S/C19H18F3N7O4/c1-28-7-11(15(27-28)29-5-3-13(30)18(29)32)25-16(31)12-8-33-17(26-12)10-2-4-23-14(6-10)24-9-19(20,21)22/h2,4,6-8,13,30H,3,5,9H2,1H3,(H,23,24)(H,25,31). The van der Waals surface area contributed by atoms with Crippen molar-refractivity contribution in [2.45, 2.75) is 18.7 Å². The third-order valence-electron chi connectivity index (χ3n) is 4.70. The molecule has 3 aromatic rings. The second-order valence-electron chi connectivity index (χ2n) is 7.22. The number of alkyl halides is 3. The molecule has 0 radical (unpaired) electrons. The molecule has 1 aliphatic heterocycles. The van der Waals surface area contributed by atoms with Gasteiger partial charge in [0.15, 0.2) is 11.5 Å². The molecule has 4 heterocycles. The van der Waals surface area contributed by atoms with E-state index >= 15 is 0 Å². The van der Waals surface area contributed by atoms with Crippen LogP contribution in [0.3, 0.4) is 0 Å². The Bertz CT molecular complexity index is 1190. The first-order chi connectivity index (χ1) is 15.6. The first kappa shape index (κ1) is 22.3. The number of aliphatic hydroxyl groups excluding tert-OH is 1. The average molecular weight is 465 g/mol. The molecule has 0 spiro atoms. The number of pyridine rings is 1. The molecular formula is C19H18F3N7O4. The van der Waals surface area contributed by atoms with Crippen LogP contribution in [0.15, 0.2) is 35.2 Å². The van der Waals surface area contributed by atoms with Gasteiger partial charge in [-0.1, -0.05) is 0 Å². The maximum Gasteiger partial charge on any atom is 0.405 e. The second kappa shape index (κ2) is 8.54. The predicted octanol–water partition coefficient (Wildman–Crippen LogP) is 1.79. The number of hydrogen-bond acceptors (Lipinski definition) is 8. The second-order valence-corrected chi connectivity index (χ2v) is 7.22. The highest BCUT2D eigenvalue weighted by molar-refractivity contribution is 6.07. The third kappa shape index (κ3) is 4.95. The first-order valence-corrected chi connectivity index (χ1v) is 9.68. The molecule has 1 fully saturated rings. The summed E-state index contributed by atoms with van der Waals surface area (Å²) in [6, 6.07) is 2.78. The minimum absolute atomic E-state index is 0.00172. The van der Waals surface area contributed by atoms with E-state index in [-0.39, 0.29) is 41.9 Å². The molecule has 2 amide bonds. The van der Waals surface area contributed by atoms with Crippen LogP contribution in [-0.4, -0.2) is 62.0 Å². The van der Waals surface area contributed by atoms with Gasteiger partial charge >= 0.3 is 6.18 Å². The summed E-state index contributed by atoms with van der Waals surface area (Å²) in [7, 11) is 1.61. The predicted molar refractivity (Wildman–Crippen MR) is 108 cm³/mol. The fourth-order valence-electron chi connectivity index (χ4n) is 3.19. The van der Waals surface area contributed by atoms with Crippen LogP contribution in [0.2, 0.25) is 0 Å². The zero-order valence-corrected chi connectivity index (χ0v) is 17.1. The normalized spacial score (nSPS) is 16.3. The number of nitrogens with one attached hydrogen (secondary N) is 2. The first-order valence-electron chi connectivity index (χ1n) is 9.68. The molecule has 174 valence electrons. The van der Waals surface area contributed by atoms with Gasteiger partial charge in [-0.05, 0) is 12.1 Å². The van der Waals surface area contributed by atoms with Gasteiger partial charge in [-0.15, -0.1) is 0 Å². The molecule has 11 nitrogen and oxygen atoms in total. The molecule has 1 saturated heterocycles. The van der Waals surface area contributed by atoms with E-state index in [2.05, 4.69) is 25.7 Å². The van der Waals surface area contributed by atoms with Crippen molar-refractivity contribution in [2.75, 3.05) is 28.6 Å². The van der Waals surface area contributed by atoms with Crippen LogP contribution in [0.1, 0.15) is 16.9 Å². The molecule has 3 N–H and O–H groups in total. The number of carbonyl (C=O) groups is 2. The number of aryl methyl sites for hydroxylation is 1. The van der Waals surface area contributed by atoms with Gasteiger partial charge in [0.1, 0.15) is 30.4 Å². The van der Waals surface area contributed by atoms with Gasteiger partial charge in [-0.2, -0.15) is 18.3 Å². The molecule has 33 heavy (non-hydrogen) atoms. The average Bonchev–Trinajstić information content (AvgIpc) is 3.46. The highest BCUT2D eigenvalue weighted by Crippen LogP contribution is 2.29. The van der Waals surface area contributed by atoms with Gasteiger partial charge < -0.3 is 20.2 Å². The van der Waals surface area contributed by atoms with E-state index in [0.29, 0.717) is 5.56 Å². The fourth-order valence-corrected chi connectivity index (χ4v) is 3.19. The molecule has 0 aliphatic carbocycles. The summed E-state index contributed by atoms with van der Waals surface area (Å²) >= 11 is 0. The highest BCUT2D eigenvalue weighted by atomic mass is 19.4. The Labute approximate surface area is 184 Å². The molecule has 1 unspecified atom stereocenters. The van der Waals surface area contributed by atoms with E-state index < -0.39 is 30.6 Å². The topological polar surface area (TPSA) is 138 Å². The van der Waals surface area contributed by atoms with Gasteiger partial charge in [0.05, 0.1) is 6.20 Å². The Morgan fingerprint density at radius 3 is 2.88 bits per heavy atom. The lowest BCUT2D eigenvalue weighted by molar-refractivity contribution is -0.124. The summed E-state index contributed by atoms with van der Waals surface area (Å²) in [4.78, 5) is 34.0. The van der Waals surface area contributed by atoms with Crippen molar-refractivity contribution in [2.24, 2.45) is 7.05 Å². The number of carbonyl (C=O) groups excluding carboxylic acids is 2. The zero-order valence-electron chi connectivity index (χ0n) is 17.1. The van der Waals surface area contributed by atoms with E-state index in [4.69, 9.17) is 4.42 Å². The van der Waals surface area contributed by atoms with Crippen molar-refractivity contribution in [3.63, 3.8) is 0 Å². The molecule has 1 atom stereocenters. The maximum atomic E-state index is 12.7. The lowest BCUT2D eigenvalue weighted by Gasteiger charge is -2.14. The van der Waals surface area contributed by atoms with Crippen molar-refractivity contribution < 1.29 is 32.3 Å². The van der Waals surface area contributed by atoms with Crippen LogP contribution >= 0.6 is 0 Å². The van der Waals surface area contributed by atoms with E-state index in [1.165, 1.54) is 34.1 Å². The maximum absolute atomic E-state index is 12.7. The Balaban J connectivity index is 1.49. The smallest absolute Gasteiger partial charge is 0.405 e. The van der Waals surface area contributed by atoms with E-state index in [1.54, 1.807) is 7.05 Å². The zero-order chi connectivity index (χ0) is 23.8.